The smallest absolute Gasteiger partial charge is 0.490 e. The maximum absolute atomic E-state index is 13.3. The van der Waals surface area contributed by atoms with E-state index in [9.17, 15) is 31.1 Å². The van der Waals surface area contributed by atoms with Crippen molar-refractivity contribution in [3.8, 4) is 0 Å². The molecule has 4 rings (SSSR count). The lowest BCUT2D eigenvalue weighted by Crippen LogP contribution is -2.37. The van der Waals surface area contributed by atoms with Crippen LogP contribution in [-0.2, 0) is 22.7 Å². The van der Waals surface area contributed by atoms with E-state index >= 15 is 0 Å². The monoisotopic (exact) mass is 681 g/mol. The van der Waals surface area contributed by atoms with Gasteiger partial charge in [0.1, 0.15) is 23.2 Å². The van der Waals surface area contributed by atoms with Crippen LogP contribution in [0.1, 0.15) is 32.7 Å². The Morgan fingerprint density at radius 1 is 0.896 bits per heavy atom. The minimum Gasteiger partial charge on any atom is -0.542 e. The number of alkyl halides is 6. The van der Waals surface area contributed by atoms with E-state index in [0.29, 0.717) is 24.3 Å². The second kappa shape index (κ2) is 15.5. The first-order valence-electron chi connectivity index (χ1n) is 13.8. The largest absolute Gasteiger partial charge is 0.542 e. The second-order valence-corrected chi connectivity index (χ2v) is 11.2. The number of nitrogens with two attached hydrogens (primary N) is 1. The number of rotatable bonds is 7. The van der Waals surface area contributed by atoms with Crippen LogP contribution in [0.3, 0.4) is 0 Å². The van der Waals surface area contributed by atoms with Crippen LogP contribution in [0.15, 0.2) is 72.8 Å². The summed E-state index contributed by atoms with van der Waals surface area (Å²) in [6.45, 7) is 3.02. The number of hydrogen-bond acceptors (Lipinski definition) is 5. The third-order valence-corrected chi connectivity index (χ3v) is 6.61. The summed E-state index contributed by atoms with van der Waals surface area (Å²) in [6, 6.07) is 24.0. The summed E-state index contributed by atoms with van der Waals surface area (Å²) in [5.74, 6) is -5.85. The van der Waals surface area contributed by atoms with Crippen molar-refractivity contribution in [2.24, 2.45) is 5.73 Å². The van der Waals surface area contributed by atoms with Gasteiger partial charge >= 0.3 is 18.3 Å². The number of aromatic nitrogens is 1. The van der Waals surface area contributed by atoms with Gasteiger partial charge in [0.2, 0.25) is 0 Å². The van der Waals surface area contributed by atoms with Crippen LogP contribution in [-0.4, -0.2) is 66.9 Å². The Bertz CT molecular complexity index is 1750. The van der Waals surface area contributed by atoms with Gasteiger partial charge in [-0.3, -0.25) is 14.7 Å². The molecule has 4 aromatic rings. The molecule has 16 heteroatoms. The highest BCUT2D eigenvalue weighted by atomic mass is 19.4. The molecule has 258 valence electrons. The van der Waals surface area contributed by atoms with E-state index in [1.54, 1.807) is 0 Å². The standard InChI is InChI=1S/C28H31N5O.2C2HF3O2/c1-19-7-5-10-25-24(19)16-26(32(25)18-21-8-6-9-22(15-21)27(29)30)28(34)31-17-20-11-13-23(14-12-20)33(2,3)4;2*3-2(4,5)1(6)7/h5-16H,17-18H2,1-4H3,(H3-,29,30,31,34);2*(H,6,7). The van der Waals surface area contributed by atoms with Gasteiger partial charge in [-0.2, -0.15) is 26.3 Å². The lowest BCUT2D eigenvalue weighted by molar-refractivity contribution is -0.344. The van der Waals surface area contributed by atoms with Crippen molar-refractivity contribution in [2.45, 2.75) is 32.4 Å². The predicted molar refractivity (Wildman–Crippen MR) is 165 cm³/mol. The van der Waals surface area contributed by atoms with E-state index in [2.05, 4.69) is 63.7 Å². The Morgan fingerprint density at radius 2 is 1.44 bits per heavy atom. The molecule has 0 spiro atoms. The van der Waals surface area contributed by atoms with Crippen molar-refractivity contribution in [2.75, 3.05) is 21.1 Å². The highest BCUT2D eigenvalue weighted by Crippen LogP contribution is 2.25. The molecule has 5 N–H and O–H groups in total. The lowest BCUT2D eigenvalue weighted by atomic mass is 10.1. The fourth-order valence-corrected chi connectivity index (χ4v) is 4.14. The molecule has 0 radical (unpaired) electrons. The number of fused-ring (bicyclic) bond motifs is 1. The summed E-state index contributed by atoms with van der Waals surface area (Å²) in [7, 11) is 6.39. The third kappa shape index (κ3) is 11.2. The fraction of sp³-hybridized carbons (Fsp3) is 0.250. The summed E-state index contributed by atoms with van der Waals surface area (Å²) in [5, 5.41) is 27.8. The SMILES string of the molecule is Cc1cccc2c1cc(C(=O)NCc1ccc([N+](C)(C)C)cc1)n2Cc1cccc(C(=N)N)c1.O=C(O)C(F)(F)F.O=C([O-])C(F)(F)F. The van der Waals surface area contributed by atoms with Crippen LogP contribution < -0.4 is 20.6 Å². The van der Waals surface area contributed by atoms with Gasteiger partial charge in [0.15, 0.2) is 0 Å². The molecular formula is C32H33F6N5O5. The number of carboxylic acids is 2. The summed E-state index contributed by atoms with van der Waals surface area (Å²) in [4.78, 5) is 31.0. The number of carbonyl (C=O) groups excluding carboxylic acids is 2. The summed E-state index contributed by atoms with van der Waals surface area (Å²) < 4.78 is 66.1. The number of aryl methyl sites for hydroxylation is 1. The quantitative estimate of drug-likeness (QED) is 0.0983. The zero-order valence-electron chi connectivity index (χ0n) is 26.2. The molecule has 0 aliphatic carbocycles. The van der Waals surface area contributed by atoms with Crippen LogP contribution >= 0.6 is 0 Å². The molecule has 48 heavy (non-hydrogen) atoms. The molecule has 1 heterocycles. The van der Waals surface area contributed by atoms with Gasteiger partial charge in [-0.25, -0.2) is 4.79 Å². The summed E-state index contributed by atoms with van der Waals surface area (Å²) >= 11 is 0. The van der Waals surface area contributed by atoms with E-state index < -0.39 is 24.3 Å². The highest BCUT2D eigenvalue weighted by molar-refractivity contribution is 5.99. The number of nitrogen functional groups attached to an aromatic ring is 1. The van der Waals surface area contributed by atoms with Crippen molar-refractivity contribution in [3.63, 3.8) is 0 Å². The van der Waals surface area contributed by atoms with Crippen LogP contribution in [0.4, 0.5) is 32.0 Å². The average molecular weight is 682 g/mol. The van der Waals surface area contributed by atoms with E-state index in [1.807, 2.05) is 47.0 Å². The zero-order valence-corrected chi connectivity index (χ0v) is 26.2. The Morgan fingerprint density at radius 3 is 1.92 bits per heavy atom. The maximum atomic E-state index is 13.3. The van der Waals surface area contributed by atoms with Crippen molar-refractivity contribution in [3.05, 3.63) is 101 Å². The first kappa shape index (κ1) is 38.8. The zero-order chi connectivity index (χ0) is 36.6. The predicted octanol–water partition coefficient (Wildman–Crippen LogP) is 4.34. The van der Waals surface area contributed by atoms with Gasteiger partial charge in [-0.05, 0) is 53.9 Å². The highest BCUT2D eigenvalue weighted by Gasteiger charge is 2.38. The van der Waals surface area contributed by atoms with E-state index in [1.165, 1.54) is 5.69 Å². The molecule has 1 amide bonds. The maximum Gasteiger partial charge on any atom is 0.490 e. The minimum absolute atomic E-state index is 0.0318. The second-order valence-electron chi connectivity index (χ2n) is 11.2. The number of hydrogen-bond donors (Lipinski definition) is 4. The lowest BCUT2D eigenvalue weighted by Gasteiger charge is -2.23. The molecule has 0 aliphatic heterocycles. The number of nitrogens with one attached hydrogen (secondary N) is 2. The van der Waals surface area contributed by atoms with Gasteiger partial charge < -0.3 is 30.6 Å². The van der Waals surface area contributed by atoms with Crippen LogP contribution in [0, 0.1) is 12.3 Å². The van der Waals surface area contributed by atoms with Gasteiger partial charge in [0.05, 0.1) is 21.1 Å². The number of aliphatic carboxylic acids is 2. The molecule has 3 aromatic carbocycles. The van der Waals surface area contributed by atoms with E-state index in [-0.39, 0.29) is 11.7 Å². The molecule has 0 unspecified atom stereocenters. The normalized spacial score (nSPS) is 11.5. The molecule has 10 nitrogen and oxygen atoms in total. The molecule has 0 fully saturated rings. The van der Waals surface area contributed by atoms with Crippen LogP contribution in [0.2, 0.25) is 0 Å². The van der Waals surface area contributed by atoms with E-state index in [4.69, 9.17) is 30.9 Å². The average Bonchev–Trinajstić information content (AvgIpc) is 3.35. The van der Waals surface area contributed by atoms with Gasteiger partial charge in [-0.15, -0.1) is 0 Å². The first-order chi connectivity index (χ1) is 22.0. The van der Waals surface area contributed by atoms with Crippen molar-refractivity contribution in [1.82, 2.24) is 14.4 Å². The molecule has 0 atom stereocenters. The third-order valence-electron chi connectivity index (χ3n) is 6.61. The molecule has 1 aromatic heterocycles. The number of nitrogens with zero attached hydrogens (tertiary/aromatic N) is 2. The first-order valence-corrected chi connectivity index (χ1v) is 13.8. The van der Waals surface area contributed by atoms with Crippen LogP contribution in [0.5, 0.6) is 0 Å². The van der Waals surface area contributed by atoms with Crippen LogP contribution in [0.25, 0.3) is 10.9 Å². The molecule has 0 saturated heterocycles. The number of carbonyl (C=O) groups is 3. The Hall–Kier alpha value is -5.38. The fourth-order valence-electron chi connectivity index (χ4n) is 4.14. The van der Waals surface area contributed by atoms with Crippen molar-refractivity contribution < 1.29 is 50.9 Å². The number of halogens is 6. The number of carboxylic acid groups (broad SMARTS) is 2. The Kier molecular flexibility index (Phi) is 12.5. The van der Waals surface area contributed by atoms with E-state index in [0.717, 1.165) is 32.1 Å². The van der Waals surface area contributed by atoms with Crippen molar-refractivity contribution in [1.29, 1.82) is 5.41 Å². The number of amidine groups is 1. The molecule has 0 bridgehead atoms. The summed E-state index contributed by atoms with van der Waals surface area (Å²) in [6.07, 6.45) is -10.3. The van der Waals surface area contributed by atoms with Crippen molar-refractivity contribution >= 4 is 40.3 Å². The number of quaternary nitrogens is 1. The molecule has 0 aliphatic rings. The number of benzene rings is 3. The topological polar surface area (TPSA) is 161 Å². The number of amides is 1. The van der Waals surface area contributed by atoms with Gasteiger partial charge in [-0.1, -0.05) is 42.5 Å². The Balaban J connectivity index is 0.000000479. The summed E-state index contributed by atoms with van der Waals surface area (Å²) in [5.41, 5.74) is 12.3. The van der Waals surface area contributed by atoms with Gasteiger partial charge in [0.25, 0.3) is 5.91 Å². The Labute approximate surface area is 271 Å². The van der Waals surface area contributed by atoms with Gasteiger partial charge in [0, 0.05) is 29.6 Å². The molecule has 0 saturated carbocycles. The minimum atomic E-state index is -5.19. The molecular weight excluding hydrogens is 648 g/mol.